The molecule has 0 unspecified atom stereocenters. The standard InChI is InChI=1S/C16H18N4O3S/c1-9-10(2)17-18-16(9)19-24(22,23)13-6-11-4-3-5-20-14(21)8-12(7-13)15(11)20/h6-7H,3-5,8H2,1-2H3,(H2,17,18,19). The average molecular weight is 346 g/mol. The van der Waals surface area contributed by atoms with E-state index < -0.39 is 10.0 Å². The number of amides is 1. The summed E-state index contributed by atoms with van der Waals surface area (Å²) in [6.07, 6.45) is 1.91. The Bertz CT molecular complexity index is 962. The molecule has 2 aliphatic heterocycles. The molecule has 1 aromatic carbocycles. The fourth-order valence-corrected chi connectivity index (χ4v) is 4.54. The number of H-pyrrole nitrogens is 1. The van der Waals surface area contributed by atoms with Crippen LogP contribution in [0.2, 0.25) is 0 Å². The second-order valence-corrected chi connectivity index (χ2v) is 8.03. The molecule has 0 aliphatic carbocycles. The highest BCUT2D eigenvalue weighted by molar-refractivity contribution is 7.92. The Hall–Kier alpha value is -2.35. The summed E-state index contributed by atoms with van der Waals surface area (Å²) in [6, 6.07) is 3.29. The first-order valence-corrected chi connectivity index (χ1v) is 9.35. The number of rotatable bonds is 3. The minimum atomic E-state index is -3.75. The van der Waals surface area contributed by atoms with Gasteiger partial charge in [-0.2, -0.15) is 5.10 Å². The number of anilines is 2. The summed E-state index contributed by atoms with van der Waals surface area (Å²) < 4.78 is 28.0. The van der Waals surface area contributed by atoms with Gasteiger partial charge in [-0.25, -0.2) is 8.42 Å². The second-order valence-electron chi connectivity index (χ2n) is 6.34. The molecule has 0 saturated carbocycles. The third kappa shape index (κ3) is 2.21. The van der Waals surface area contributed by atoms with Crippen molar-refractivity contribution >= 4 is 27.4 Å². The summed E-state index contributed by atoms with van der Waals surface area (Å²) in [5.41, 5.74) is 4.23. The summed E-state index contributed by atoms with van der Waals surface area (Å²) in [6.45, 7) is 4.36. The number of hydrogen-bond donors (Lipinski definition) is 2. The van der Waals surface area contributed by atoms with E-state index in [2.05, 4.69) is 14.9 Å². The zero-order valence-corrected chi connectivity index (χ0v) is 14.3. The maximum absolute atomic E-state index is 12.7. The topological polar surface area (TPSA) is 95.2 Å². The van der Waals surface area contributed by atoms with Gasteiger partial charge in [-0.3, -0.25) is 14.6 Å². The number of aromatic nitrogens is 2. The Balaban J connectivity index is 1.76. The van der Waals surface area contributed by atoms with E-state index in [1.54, 1.807) is 24.0 Å². The van der Waals surface area contributed by atoms with Crippen molar-refractivity contribution in [3.8, 4) is 0 Å². The van der Waals surface area contributed by atoms with E-state index >= 15 is 0 Å². The van der Waals surface area contributed by atoms with Crippen molar-refractivity contribution in [1.82, 2.24) is 10.2 Å². The van der Waals surface area contributed by atoms with Gasteiger partial charge in [-0.15, -0.1) is 0 Å². The number of aryl methyl sites for hydroxylation is 2. The summed E-state index contributed by atoms with van der Waals surface area (Å²) in [5.74, 6) is 0.353. The molecule has 2 aliphatic rings. The lowest BCUT2D eigenvalue weighted by Crippen LogP contribution is -2.31. The van der Waals surface area contributed by atoms with Crippen LogP contribution in [0, 0.1) is 13.8 Å². The zero-order valence-electron chi connectivity index (χ0n) is 13.5. The molecule has 3 heterocycles. The highest BCUT2D eigenvalue weighted by Gasteiger charge is 2.34. The molecule has 8 heteroatoms. The fraction of sp³-hybridized carbons (Fsp3) is 0.375. The van der Waals surface area contributed by atoms with Crippen LogP contribution in [0.5, 0.6) is 0 Å². The lowest BCUT2D eigenvalue weighted by atomic mass is 10.0. The molecule has 0 fully saturated rings. The highest BCUT2D eigenvalue weighted by Crippen LogP contribution is 2.38. The molecular weight excluding hydrogens is 328 g/mol. The van der Waals surface area contributed by atoms with Crippen molar-refractivity contribution in [2.24, 2.45) is 0 Å². The molecule has 0 atom stereocenters. The second kappa shape index (κ2) is 5.07. The normalized spacial score (nSPS) is 16.4. The molecule has 4 rings (SSSR count). The van der Waals surface area contributed by atoms with Crippen molar-refractivity contribution < 1.29 is 13.2 Å². The number of sulfonamides is 1. The van der Waals surface area contributed by atoms with Gasteiger partial charge in [0.05, 0.1) is 17.0 Å². The maximum atomic E-state index is 12.7. The van der Waals surface area contributed by atoms with Gasteiger partial charge in [0, 0.05) is 17.8 Å². The number of carbonyl (C=O) groups is 1. The van der Waals surface area contributed by atoms with Gasteiger partial charge in [0.25, 0.3) is 10.0 Å². The third-order valence-electron chi connectivity index (χ3n) is 4.78. The Kier molecular flexibility index (Phi) is 3.21. The Labute approximate surface area is 140 Å². The minimum Gasteiger partial charge on any atom is -0.312 e. The molecule has 0 spiro atoms. The van der Waals surface area contributed by atoms with Crippen LogP contribution >= 0.6 is 0 Å². The first kappa shape index (κ1) is 15.2. The molecule has 0 radical (unpaired) electrons. The number of nitrogens with one attached hydrogen (secondary N) is 2. The van der Waals surface area contributed by atoms with Crippen LogP contribution in [-0.4, -0.2) is 31.1 Å². The number of nitrogens with zero attached hydrogens (tertiary/aromatic N) is 2. The van der Waals surface area contributed by atoms with Gasteiger partial charge in [0.1, 0.15) is 0 Å². The molecule has 0 saturated heterocycles. The van der Waals surface area contributed by atoms with Crippen LogP contribution in [0.25, 0.3) is 0 Å². The largest absolute Gasteiger partial charge is 0.312 e. The van der Waals surface area contributed by atoms with Crippen LogP contribution in [0.1, 0.15) is 28.8 Å². The molecule has 2 N–H and O–H groups in total. The van der Waals surface area contributed by atoms with Gasteiger partial charge in [0.15, 0.2) is 5.82 Å². The molecule has 1 amide bonds. The van der Waals surface area contributed by atoms with Crippen LogP contribution < -0.4 is 9.62 Å². The maximum Gasteiger partial charge on any atom is 0.263 e. The predicted octanol–water partition coefficient (Wildman–Crippen LogP) is 1.66. The van der Waals surface area contributed by atoms with Crippen LogP contribution in [0.4, 0.5) is 11.5 Å². The lowest BCUT2D eigenvalue weighted by Gasteiger charge is -2.25. The van der Waals surface area contributed by atoms with E-state index in [1.165, 1.54) is 0 Å². The summed E-state index contributed by atoms with van der Waals surface area (Å²) in [4.78, 5) is 14.1. The molecule has 24 heavy (non-hydrogen) atoms. The highest BCUT2D eigenvalue weighted by atomic mass is 32.2. The smallest absolute Gasteiger partial charge is 0.263 e. The van der Waals surface area contributed by atoms with E-state index in [0.29, 0.717) is 5.82 Å². The summed E-state index contributed by atoms with van der Waals surface area (Å²) in [7, 11) is -3.75. The fourth-order valence-electron chi connectivity index (χ4n) is 3.37. The number of aromatic amines is 1. The van der Waals surface area contributed by atoms with Gasteiger partial charge in [0.2, 0.25) is 5.91 Å². The van der Waals surface area contributed by atoms with Gasteiger partial charge in [-0.1, -0.05) is 0 Å². The van der Waals surface area contributed by atoms with E-state index in [4.69, 9.17) is 0 Å². The number of benzene rings is 1. The molecule has 2 aromatic rings. The third-order valence-corrected chi connectivity index (χ3v) is 6.09. The number of hydrogen-bond acceptors (Lipinski definition) is 4. The average Bonchev–Trinajstić information content (AvgIpc) is 3.03. The van der Waals surface area contributed by atoms with Gasteiger partial charge in [-0.05, 0) is 49.9 Å². The quantitative estimate of drug-likeness (QED) is 0.883. The Morgan fingerprint density at radius 2 is 2.00 bits per heavy atom. The number of carbonyl (C=O) groups excluding carboxylic acids is 1. The van der Waals surface area contributed by atoms with E-state index in [1.807, 2.05) is 6.92 Å². The van der Waals surface area contributed by atoms with Crippen LogP contribution in [0.15, 0.2) is 17.0 Å². The van der Waals surface area contributed by atoms with E-state index in [-0.39, 0.29) is 17.2 Å². The molecular formula is C16H18N4O3S. The molecule has 7 nitrogen and oxygen atoms in total. The van der Waals surface area contributed by atoms with Crippen molar-refractivity contribution in [3.63, 3.8) is 0 Å². The Morgan fingerprint density at radius 1 is 1.25 bits per heavy atom. The molecule has 1 aromatic heterocycles. The first-order chi connectivity index (χ1) is 11.4. The van der Waals surface area contributed by atoms with Gasteiger partial charge >= 0.3 is 0 Å². The molecule has 126 valence electrons. The predicted molar refractivity (Wildman–Crippen MR) is 89.7 cm³/mol. The molecule has 0 bridgehead atoms. The lowest BCUT2D eigenvalue weighted by molar-refractivity contribution is -0.117. The van der Waals surface area contributed by atoms with Crippen molar-refractivity contribution in [3.05, 3.63) is 34.5 Å². The van der Waals surface area contributed by atoms with E-state index in [0.717, 1.165) is 47.5 Å². The van der Waals surface area contributed by atoms with Gasteiger partial charge < -0.3 is 4.90 Å². The first-order valence-electron chi connectivity index (χ1n) is 7.87. The Morgan fingerprint density at radius 3 is 2.71 bits per heavy atom. The van der Waals surface area contributed by atoms with Crippen molar-refractivity contribution in [2.45, 2.75) is 38.0 Å². The van der Waals surface area contributed by atoms with Crippen LogP contribution in [-0.2, 0) is 27.7 Å². The summed E-state index contributed by atoms with van der Waals surface area (Å²) in [5, 5.41) is 6.77. The monoisotopic (exact) mass is 346 g/mol. The SMILES string of the molecule is Cc1[nH]nc(NS(=O)(=O)c2cc3c4c(c2)CC(=O)N4CCC3)c1C. The van der Waals surface area contributed by atoms with E-state index in [9.17, 15) is 13.2 Å². The van der Waals surface area contributed by atoms with Crippen molar-refractivity contribution in [2.75, 3.05) is 16.2 Å². The minimum absolute atomic E-state index is 0.0484. The zero-order chi connectivity index (χ0) is 17.1. The summed E-state index contributed by atoms with van der Waals surface area (Å²) >= 11 is 0. The van der Waals surface area contributed by atoms with Crippen molar-refractivity contribution in [1.29, 1.82) is 0 Å². The van der Waals surface area contributed by atoms with Crippen LogP contribution in [0.3, 0.4) is 0 Å².